The fourth-order valence-corrected chi connectivity index (χ4v) is 1.71. The molecule has 0 aliphatic heterocycles. The Kier molecular flexibility index (Phi) is 4.66. The summed E-state index contributed by atoms with van der Waals surface area (Å²) in [5.41, 5.74) is 6.81. The minimum Gasteiger partial charge on any atom is -0.332 e. The van der Waals surface area contributed by atoms with Crippen molar-refractivity contribution < 1.29 is 0 Å². The zero-order valence-corrected chi connectivity index (χ0v) is 9.24. The lowest BCUT2D eigenvalue weighted by Crippen LogP contribution is -2.11. The van der Waals surface area contributed by atoms with E-state index in [0.29, 0.717) is 12.6 Å². The summed E-state index contributed by atoms with van der Waals surface area (Å²) >= 11 is 0. The van der Waals surface area contributed by atoms with Crippen molar-refractivity contribution in [1.29, 1.82) is 0 Å². The molecule has 80 valence electrons. The van der Waals surface area contributed by atoms with Crippen LogP contribution in [0.2, 0.25) is 0 Å². The van der Waals surface area contributed by atoms with E-state index in [1.54, 1.807) is 0 Å². The van der Waals surface area contributed by atoms with Gasteiger partial charge in [-0.3, -0.25) is 0 Å². The third-order valence-electron chi connectivity index (χ3n) is 2.60. The van der Waals surface area contributed by atoms with Crippen LogP contribution in [0.4, 0.5) is 0 Å². The van der Waals surface area contributed by atoms with Gasteiger partial charge in [0, 0.05) is 24.4 Å². The molecular weight excluding hydrogens is 174 g/mol. The lowest BCUT2D eigenvalue weighted by Gasteiger charge is -2.15. The molecule has 1 heterocycles. The van der Waals surface area contributed by atoms with Crippen LogP contribution in [0, 0.1) is 0 Å². The second-order valence-corrected chi connectivity index (χ2v) is 3.82. The first-order valence-electron chi connectivity index (χ1n) is 5.50. The molecule has 1 rings (SSSR count). The molecule has 3 nitrogen and oxygen atoms in total. The molecule has 2 N–H and O–H groups in total. The predicted molar refractivity (Wildman–Crippen MR) is 59.2 cm³/mol. The first-order chi connectivity index (χ1) is 6.79. The second-order valence-electron chi connectivity index (χ2n) is 3.82. The Morgan fingerprint density at radius 1 is 1.57 bits per heavy atom. The number of aromatic nitrogens is 2. The fourth-order valence-electron chi connectivity index (χ4n) is 1.71. The van der Waals surface area contributed by atoms with Gasteiger partial charge in [0.1, 0.15) is 0 Å². The predicted octanol–water partition coefficient (Wildman–Crippen LogP) is 2.14. The largest absolute Gasteiger partial charge is 0.332 e. The van der Waals surface area contributed by atoms with Crippen LogP contribution in [0.3, 0.4) is 0 Å². The summed E-state index contributed by atoms with van der Waals surface area (Å²) < 4.78 is 2.25. The zero-order valence-electron chi connectivity index (χ0n) is 9.24. The van der Waals surface area contributed by atoms with Crippen molar-refractivity contribution in [3.05, 3.63) is 18.2 Å². The quantitative estimate of drug-likeness (QED) is 0.755. The highest BCUT2D eigenvalue weighted by Gasteiger charge is 2.07. The molecule has 3 heteroatoms. The molecular formula is C11H21N3. The van der Waals surface area contributed by atoms with Crippen molar-refractivity contribution >= 4 is 0 Å². The molecule has 0 aliphatic carbocycles. The molecule has 14 heavy (non-hydrogen) atoms. The monoisotopic (exact) mass is 195 g/mol. The zero-order chi connectivity index (χ0) is 10.4. The van der Waals surface area contributed by atoms with Crippen LogP contribution in [0.1, 0.15) is 44.8 Å². The summed E-state index contributed by atoms with van der Waals surface area (Å²) in [4.78, 5) is 4.18. The maximum absolute atomic E-state index is 5.55. The number of unbranched alkanes of at least 4 members (excludes halogenated alkanes) is 1. The van der Waals surface area contributed by atoms with E-state index in [0.717, 1.165) is 6.42 Å². The second kappa shape index (κ2) is 5.81. The smallest absolute Gasteiger partial charge is 0.0950 e. The lowest BCUT2D eigenvalue weighted by atomic mass is 10.1. The van der Waals surface area contributed by atoms with Crippen molar-refractivity contribution in [1.82, 2.24) is 9.55 Å². The summed E-state index contributed by atoms with van der Waals surface area (Å²) in [6.45, 7) is 5.17. The molecule has 1 aromatic rings. The first-order valence-corrected chi connectivity index (χ1v) is 5.50. The Morgan fingerprint density at radius 2 is 2.36 bits per heavy atom. The number of nitrogens with two attached hydrogens (primary N) is 1. The van der Waals surface area contributed by atoms with Gasteiger partial charge in [0.05, 0.1) is 6.33 Å². The van der Waals surface area contributed by atoms with Crippen molar-refractivity contribution in [2.45, 2.75) is 45.6 Å². The van der Waals surface area contributed by atoms with Crippen LogP contribution in [0.5, 0.6) is 0 Å². The normalized spacial score (nSPS) is 13.1. The summed E-state index contributed by atoms with van der Waals surface area (Å²) in [6, 6.07) is 0.555. The first kappa shape index (κ1) is 11.2. The molecule has 0 saturated carbocycles. The third-order valence-corrected chi connectivity index (χ3v) is 2.60. The molecule has 0 amide bonds. The Labute approximate surface area is 86.3 Å². The maximum Gasteiger partial charge on any atom is 0.0950 e. The van der Waals surface area contributed by atoms with Gasteiger partial charge in [-0.25, -0.2) is 4.98 Å². The van der Waals surface area contributed by atoms with Gasteiger partial charge in [0.25, 0.3) is 0 Å². The lowest BCUT2D eigenvalue weighted by molar-refractivity contribution is 0.472. The molecule has 0 radical (unpaired) electrons. The number of hydrogen-bond donors (Lipinski definition) is 1. The molecule has 1 aromatic heterocycles. The van der Waals surface area contributed by atoms with E-state index >= 15 is 0 Å². The third kappa shape index (κ3) is 2.84. The highest BCUT2D eigenvalue weighted by molar-refractivity contribution is 5.00. The van der Waals surface area contributed by atoms with Crippen LogP contribution in [-0.4, -0.2) is 16.1 Å². The fraction of sp³-hybridized carbons (Fsp3) is 0.727. The highest BCUT2D eigenvalue weighted by Crippen LogP contribution is 2.16. The average Bonchev–Trinajstić information content (AvgIpc) is 2.63. The Balaban J connectivity index is 2.58. The molecule has 1 atom stereocenters. The van der Waals surface area contributed by atoms with Crippen LogP contribution < -0.4 is 5.73 Å². The van der Waals surface area contributed by atoms with Gasteiger partial charge in [0.2, 0.25) is 0 Å². The van der Waals surface area contributed by atoms with Gasteiger partial charge in [-0.1, -0.05) is 19.8 Å². The number of rotatable bonds is 6. The van der Waals surface area contributed by atoms with Gasteiger partial charge in [-0.05, 0) is 19.9 Å². The van der Waals surface area contributed by atoms with E-state index in [1.807, 2.05) is 12.5 Å². The molecule has 0 bridgehead atoms. The molecule has 0 spiro atoms. The van der Waals surface area contributed by atoms with Gasteiger partial charge in [0.15, 0.2) is 0 Å². The summed E-state index contributed by atoms with van der Waals surface area (Å²) in [7, 11) is 0. The number of imidazole rings is 1. The van der Waals surface area contributed by atoms with E-state index in [2.05, 4.69) is 23.4 Å². The SMILES string of the molecule is CCCCC(C)n1cncc1CCN. The van der Waals surface area contributed by atoms with Crippen molar-refractivity contribution in [2.75, 3.05) is 6.54 Å². The molecule has 0 aliphatic rings. The van der Waals surface area contributed by atoms with Gasteiger partial charge in [-0.2, -0.15) is 0 Å². The van der Waals surface area contributed by atoms with E-state index in [1.165, 1.54) is 25.0 Å². The van der Waals surface area contributed by atoms with E-state index < -0.39 is 0 Å². The van der Waals surface area contributed by atoms with Crippen molar-refractivity contribution in [2.24, 2.45) is 5.73 Å². The maximum atomic E-state index is 5.55. The summed E-state index contributed by atoms with van der Waals surface area (Å²) in [5, 5.41) is 0. The van der Waals surface area contributed by atoms with Gasteiger partial charge in [-0.15, -0.1) is 0 Å². The van der Waals surface area contributed by atoms with E-state index in [4.69, 9.17) is 5.73 Å². The molecule has 0 saturated heterocycles. The Bertz CT molecular complexity index is 255. The van der Waals surface area contributed by atoms with E-state index in [9.17, 15) is 0 Å². The minimum atomic E-state index is 0.555. The van der Waals surface area contributed by atoms with Crippen molar-refractivity contribution in [3.8, 4) is 0 Å². The van der Waals surface area contributed by atoms with Crippen LogP contribution in [0.15, 0.2) is 12.5 Å². The molecule has 1 unspecified atom stereocenters. The van der Waals surface area contributed by atoms with Gasteiger partial charge < -0.3 is 10.3 Å². The average molecular weight is 195 g/mol. The summed E-state index contributed by atoms with van der Waals surface area (Å²) in [5.74, 6) is 0. The topological polar surface area (TPSA) is 43.8 Å². The van der Waals surface area contributed by atoms with Gasteiger partial charge >= 0.3 is 0 Å². The van der Waals surface area contributed by atoms with Crippen LogP contribution in [0.25, 0.3) is 0 Å². The molecule has 0 fully saturated rings. The van der Waals surface area contributed by atoms with Crippen molar-refractivity contribution in [3.63, 3.8) is 0 Å². The molecule has 0 aromatic carbocycles. The Hall–Kier alpha value is -0.830. The Morgan fingerprint density at radius 3 is 3.00 bits per heavy atom. The van der Waals surface area contributed by atoms with E-state index in [-0.39, 0.29) is 0 Å². The standard InChI is InChI=1S/C11H21N3/c1-3-4-5-10(2)14-9-13-8-11(14)6-7-12/h8-10H,3-7,12H2,1-2H3. The highest BCUT2D eigenvalue weighted by atomic mass is 15.1. The number of nitrogens with zero attached hydrogens (tertiary/aromatic N) is 2. The van der Waals surface area contributed by atoms with Crippen LogP contribution in [-0.2, 0) is 6.42 Å². The minimum absolute atomic E-state index is 0.555. The summed E-state index contributed by atoms with van der Waals surface area (Å²) in [6.07, 6.45) is 8.54. The number of hydrogen-bond acceptors (Lipinski definition) is 2. The van der Waals surface area contributed by atoms with Crippen LogP contribution >= 0.6 is 0 Å².